The third kappa shape index (κ3) is 2.15. The first-order chi connectivity index (χ1) is 7.53. The summed E-state index contributed by atoms with van der Waals surface area (Å²) in [6.07, 6.45) is 1.52. The number of para-hydroxylation sites is 1. The van der Waals surface area contributed by atoms with Crippen LogP contribution in [0, 0.1) is 0 Å². The second-order valence-electron chi connectivity index (χ2n) is 3.55. The second-order valence-corrected chi connectivity index (χ2v) is 6.76. The van der Waals surface area contributed by atoms with E-state index in [0.29, 0.717) is 5.58 Å². The zero-order valence-corrected chi connectivity index (χ0v) is 11.1. The Bertz CT molecular complexity index is 613. The van der Waals surface area contributed by atoms with Crippen molar-refractivity contribution in [1.82, 2.24) is 0 Å². The van der Waals surface area contributed by atoms with E-state index in [1.807, 2.05) is 18.2 Å². The largest absolute Gasteiger partial charge is 0.463 e. The SMILES string of the molecule is CCS(=O)(=O)Cc1coc2c(Br)cccc12. The van der Waals surface area contributed by atoms with Crippen molar-refractivity contribution in [3.63, 3.8) is 0 Å². The molecule has 0 atom stereocenters. The summed E-state index contributed by atoms with van der Waals surface area (Å²) in [7, 11) is -3.02. The standard InChI is InChI=1S/C11H11BrO3S/c1-2-16(13,14)7-8-6-15-11-9(8)4-3-5-10(11)12/h3-6H,2,7H2,1H3. The summed E-state index contributed by atoms with van der Waals surface area (Å²) in [5.41, 5.74) is 1.42. The molecule has 2 aromatic rings. The molecule has 0 bridgehead atoms. The molecule has 0 N–H and O–H groups in total. The predicted molar refractivity (Wildman–Crippen MR) is 67.1 cm³/mol. The topological polar surface area (TPSA) is 47.3 Å². The van der Waals surface area contributed by atoms with Crippen molar-refractivity contribution < 1.29 is 12.8 Å². The monoisotopic (exact) mass is 302 g/mol. The summed E-state index contributed by atoms with van der Waals surface area (Å²) in [4.78, 5) is 0. The van der Waals surface area contributed by atoms with Crippen LogP contribution in [0.4, 0.5) is 0 Å². The van der Waals surface area contributed by atoms with Gasteiger partial charge in [-0.2, -0.15) is 0 Å². The molecule has 86 valence electrons. The van der Waals surface area contributed by atoms with Crippen molar-refractivity contribution >= 4 is 36.7 Å². The van der Waals surface area contributed by atoms with Gasteiger partial charge in [-0.15, -0.1) is 0 Å². The van der Waals surface area contributed by atoms with Gasteiger partial charge in [-0.3, -0.25) is 0 Å². The molecule has 0 unspecified atom stereocenters. The molecule has 1 aromatic carbocycles. The summed E-state index contributed by atoms with van der Waals surface area (Å²) >= 11 is 3.36. The van der Waals surface area contributed by atoms with E-state index < -0.39 is 9.84 Å². The van der Waals surface area contributed by atoms with Crippen LogP contribution in [0.25, 0.3) is 11.0 Å². The van der Waals surface area contributed by atoms with Crippen LogP contribution >= 0.6 is 15.9 Å². The quantitative estimate of drug-likeness (QED) is 0.875. The van der Waals surface area contributed by atoms with Gasteiger partial charge < -0.3 is 4.42 Å². The van der Waals surface area contributed by atoms with Crippen LogP contribution in [0.1, 0.15) is 12.5 Å². The van der Waals surface area contributed by atoms with E-state index in [9.17, 15) is 8.42 Å². The molecular formula is C11H11BrO3S. The maximum atomic E-state index is 11.5. The minimum atomic E-state index is -3.02. The lowest BCUT2D eigenvalue weighted by molar-refractivity contribution is 0.592. The van der Waals surface area contributed by atoms with Crippen LogP contribution in [-0.2, 0) is 15.6 Å². The lowest BCUT2D eigenvalue weighted by Crippen LogP contribution is -2.05. The molecular weight excluding hydrogens is 292 g/mol. The van der Waals surface area contributed by atoms with Crippen molar-refractivity contribution in [2.45, 2.75) is 12.7 Å². The number of furan rings is 1. The van der Waals surface area contributed by atoms with Crippen LogP contribution in [0.15, 0.2) is 33.4 Å². The highest BCUT2D eigenvalue weighted by Gasteiger charge is 2.14. The van der Waals surface area contributed by atoms with Crippen LogP contribution in [0.2, 0.25) is 0 Å². The van der Waals surface area contributed by atoms with Gasteiger partial charge in [-0.05, 0) is 22.0 Å². The molecule has 0 aliphatic carbocycles. The van der Waals surface area contributed by atoms with Gasteiger partial charge in [-0.25, -0.2) is 8.42 Å². The number of sulfone groups is 1. The van der Waals surface area contributed by atoms with Crippen LogP contribution < -0.4 is 0 Å². The van der Waals surface area contributed by atoms with Crippen molar-refractivity contribution in [3.05, 3.63) is 34.5 Å². The van der Waals surface area contributed by atoms with Crippen molar-refractivity contribution in [2.24, 2.45) is 0 Å². The fourth-order valence-electron chi connectivity index (χ4n) is 1.53. The molecule has 0 aliphatic heterocycles. The zero-order chi connectivity index (χ0) is 11.8. The van der Waals surface area contributed by atoms with E-state index in [0.717, 1.165) is 15.4 Å². The third-order valence-electron chi connectivity index (χ3n) is 2.45. The fraction of sp³-hybridized carbons (Fsp3) is 0.273. The predicted octanol–water partition coefficient (Wildman–Crippen LogP) is 3.13. The summed E-state index contributed by atoms with van der Waals surface area (Å²) in [5, 5.41) is 0.853. The summed E-state index contributed by atoms with van der Waals surface area (Å²) in [6.45, 7) is 1.65. The van der Waals surface area contributed by atoms with Gasteiger partial charge in [0.1, 0.15) is 5.58 Å². The highest BCUT2D eigenvalue weighted by molar-refractivity contribution is 9.10. The second kappa shape index (κ2) is 4.22. The zero-order valence-electron chi connectivity index (χ0n) is 8.73. The van der Waals surface area contributed by atoms with E-state index in [1.54, 1.807) is 6.92 Å². The van der Waals surface area contributed by atoms with Crippen LogP contribution in [-0.4, -0.2) is 14.2 Å². The first-order valence-electron chi connectivity index (χ1n) is 4.88. The maximum Gasteiger partial charge on any atom is 0.154 e. The molecule has 2 rings (SSSR count). The minimum Gasteiger partial charge on any atom is -0.463 e. The summed E-state index contributed by atoms with van der Waals surface area (Å²) in [5.74, 6) is 0.181. The van der Waals surface area contributed by atoms with Gasteiger partial charge in [0.2, 0.25) is 0 Å². The Labute approximate surface area is 102 Å². The Balaban J connectivity index is 2.51. The molecule has 0 amide bonds. The van der Waals surface area contributed by atoms with Crippen LogP contribution in [0.5, 0.6) is 0 Å². The van der Waals surface area contributed by atoms with E-state index in [-0.39, 0.29) is 11.5 Å². The van der Waals surface area contributed by atoms with Gasteiger partial charge in [-0.1, -0.05) is 19.1 Å². The highest BCUT2D eigenvalue weighted by Crippen LogP contribution is 2.29. The molecule has 0 fully saturated rings. The molecule has 0 saturated carbocycles. The minimum absolute atomic E-state index is 0.0347. The van der Waals surface area contributed by atoms with Gasteiger partial charge in [0.05, 0.1) is 16.5 Å². The lowest BCUT2D eigenvalue weighted by atomic mass is 10.2. The van der Waals surface area contributed by atoms with E-state index in [4.69, 9.17) is 4.42 Å². The molecule has 0 aliphatic rings. The normalized spacial score (nSPS) is 12.1. The van der Waals surface area contributed by atoms with Gasteiger partial charge >= 0.3 is 0 Å². The maximum absolute atomic E-state index is 11.5. The number of hydrogen-bond donors (Lipinski definition) is 0. The number of hydrogen-bond acceptors (Lipinski definition) is 3. The Morgan fingerprint density at radius 2 is 2.12 bits per heavy atom. The smallest absolute Gasteiger partial charge is 0.154 e. The number of rotatable bonds is 3. The Kier molecular flexibility index (Phi) is 3.08. The molecule has 0 saturated heterocycles. The molecule has 0 radical (unpaired) electrons. The Morgan fingerprint density at radius 3 is 2.81 bits per heavy atom. The summed E-state index contributed by atoms with van der Waals surface area (Å²) in [6, 6.07) is 5.60. The van der Waals surface area contributed by atoms with Gasteiger partial charge in [0, 0.05) is 16.7 Å². The van der Waals surface area contributed by atoms with E-state index in [1.165, 1.54) is 6.26 Å². The fourth-order valence-corrected chi connectivity index (χ4v) is 2.89. The van der Waals surface area contributed by atoms with E-state index >= 15 is 0 Å². The molecule has 5 heteroatoms. The Hall–Kier alpha value is -0.810. The first kappa shape index (κ1) is 11.7. The average Bonchev–Trinajstić information content (AvgIpc) is 2.63. The molecule has 16 heavy (non-hydrogen) atoms. The summed E-state index contributed by atoms with van der Waals surface area (Å²) < 4.78 is 29.3. The number of benzene rings is 1. The number of fused-ring (bicyclic) bond motifs is 1. The molecule has 1 heterocycles. The van der Waals surface area contributed by atoms with Gasteiger partial charge in [0.25, 0.3) is 0 Å². The van der Waals surface area contributed by atoms with Gasteiger partial charge in [0.15, 0.2) is 9.84 Å². The average molecular weight is 303 g/mol. The van der Waals surface area contributed by atoms with Crippen molar-refractivity contribution in [3.8, 4) is 0 Å². The number of halogens is 1. The highest BCUT2D eigenvalue weighted by atomic mass is 79.9. The molecule has 1 aromatic heterocycles. The van der Waals surface area contributed by atoms with Crippen LogP contribution in [0.3, 0.4) is 0 Å². The Morgan fingerprint density at radius 1 is 1.38 bits per heavy atom. The molecule has 0 spiro atoms. The third-order valence-corrected chi connectivity index (χ3v) is 4.70. The first-order valence-corrected chi connectivity index (χ1v) is 7.50. The lowest BCUT2D eigenvalue weighted by Gasteiger charge is -1.98. The molecule has 3 nitrogen and oxygen atoms in total. The van der Waals surface area contributed by atoms with Crippen molar-refractivity contribution in [1.29, 1.82) is 0 Å². The van der Waals surface area contributed by atoms with E-state index in [2.05, 4.69) is 15.9 Å². The van der Waals surface area contributed by atoms with Crippen molar-refractivity contribution in [2.75, 3.05) is 5.75 Å².